The van der Waals surface area contributed by atoms with Gasteiger partial charge in [0.1, 0.15) is 0 Å². The SMILES string of the molecule is COC(=O)C(=C1C(=O)OC(C)(C)OC1=O)c1ccccc1Cl. The molecule has 0 unspecified atom stereocenters. The largest absolute Gasteiger partial charge is 0.465 e. The number of carbonyl (C=O) groups is 3. The molecule has 0 aromatic heterocycles. The first-order chi connectivity index (χ1) is 10.3. The highest BCUT2D eigenvalue weighted by Crippen LogP contribution is 2.32. The first kappa shape index (κ1) is 16.0. The number of ether oxygens (including phenoxy) is 3. The average Bonchev–Trinajstić information content (AvgIpc) is 2.42. The number of hydrogen-bond acceptors (Lipinski definition) is 6. The van der Waals surface area contributed by atoms with E-state index in [2.05, 4.69) is 4.74 Å². The van der Waals surface area contributed by atoms with Crippen molar-refractivity contribution in [3.05, 3.63) is 40.4 Å². The molecule has 0 bridgehead atoms. The van der Waals surface area contributed by atoms with E-state index in [4.69, 9.17) is 21.1 Å². The molecule has 116 valence electrons. The van der Waals surface area contributed by atoms with Crippen LogP contribution in [0.3, 0.4) is 0 Å². The van der Waals surface area contributed by atoms with Crippen molar-refractivity contribution in [1.82, 2.24) is 0 Å². The Bertz CT molecular complexity index is 667. The summed E-state index contributed by atoms with van der Waals surface area (Å²) >= 11 is 6.04. The normalized spacial score (nSPS) is 16.6. The van der Waals surface area contributed by atoms with Gasteiger partial charge in [-0.05, 0) is 6.07 Å². The Labute approximate surface area is 131 Å². The van der Waals surface area contributed by atoms with Gasteiger partial charge in [0.05, 0.1) is 12.7 Å². The third kappa shape index (κ3) is 2.96. The fourth-order valence-electron chi connectivity index (χ4n) is 1.97. The molecule has 0 atom stereocenters. The zero-order chi connectivity index (χ0) is 16.5. The summed E-state index contributed by atoms with van der Waals surface area (Å²) in [5.41, 5.74) is -0.655. The van der Waals surface area contributed by atoms with E-state index >= 15 is 0 Å². The van der Waals surface area contributed by atoms with Crippen molar-refractivity contribution in [3.63, 3.8) is 0 Å². The Morgan fingerprint density at radius 2 is 1.68 bits per heavy atom. The van der Waals surface area contributed by atoms with Crippen LogP contribution in [-0.2, 0) is 28.6 Å². The molecule has 0 aliphatic carbocycles. The van der Waals surface area contributed by atoms with Gasteiger partial charge >= 0.3 is 17.9 Å². The molecule has 0 amide bonds. The summed E-state index contributed by atoms with van der Waals surface area (Å²) in [6, 6.07) is 6.26. The van der Waals surface area contributed by atoms with E-state index in [1.165, 1.54) is 26.0 Å². The Balaban J connectivity index is 2.68. The molecule has 1 aliphatic heterocycles. The number of cyclic esters (lactones) is 2. The lowest BCUT2D eigenvalue weighted by Gasteiger charge is -2.30. The highest BCUT2D eigenvalue weighted by Gasteiger charge is 2.42. The van der Waals surface area contributed by atoms with E-state index in [9.17, 15) is 14.4 Å². The number of benzene rings is 1. The van der Waals surface area contributed by atoms with E-state index in [-0.39, 0.29) is 16.2 Å². The number of halogens is 1. The van der Waals surface area contributed by atoms with Gasteiger partial charge in [-0.1, -0.05) is 29.8 Å². The Morgan fingerprint density at radius 3 is 2.18 bits per heavy atom. The van der Waals surface area contributed by atoms with Gasteiger partial charge in [0.15, 0.2) is 5.57 Å². The first-order valence-corrected chi connectivity index (χ1v) is 6.69. The lowest BCUT2D eigenvalue weighted by molar-refractivity contribution is -0.222. The van der Waals surface area contributed by atoms with Gasteiger partial charge in [-0.25, -0.2) is 14.4 Å². The third-order valence-corrected chi connectivity index (χ3v) is 3.20. The maximum Gasteiger partial charge on any atom is 0.349 e. The van der Waals surface area contributed by atoms with Crippen molar-refractivity contribution in [2.75, 3.05) is 7.11 Å². The fourth-order valence-corrected chi connectivity index (χ4v) is 2.20. The molecule has 0 N–H and O–H groups in total. The molecule has 7 heteroatoms. The predicted molar refractivity (Wildman–Crippen MR) is 76.7 cm³/mol. The molecule has 22 heavy (non-hydrogen) atoms. The zero-order valence-electron chi connectivity index (χ0n) is 12.1. The summed E-state index contributed by atoms with van der Waals surface area (Å²) in [5, 5.41) is 0.181. The molecular formula is C15H13ClO6. The van der Waals surface area contributed by atoms with Crippen LogP contribution in [0.4, 0.5) is 0 Å². The fraction of sp³-hybridized carbons (Fsp3) is 0.267. The van der Waals surface area contributed by atoms with Crippen molar-refractivity contribution >= 4 is 35.1 Å². The van der Waals surface area contributed by atoms with E-state index in [1.54, 1.807) is 12.1 Å². The second-order valence-corrected chi connectivity index (χ2v) is 5.31. The van der Waals surface area contributed by atoms with Crippen LogP contribution in [0.2, 0.25) is 5.02 Å². The van der Waals surface area contributed by atoms with Crippen LogP contribution >= 0.6 is 11.6 Å². The summed E-state index contributed by atoms with van der Waals surface area (Å²) in [5.74, 6) is -4.24. The van der Waals surface area contributed by atoms with Gasteiger partial charge in [-0.15, -0.1) is 0 Å². The molecule has 0 spiro atoms. The van der Waals surface area contributed by atoms with Gasteiger partial charge < -0.3 is 14.2 Å². The van der Waals surface area contributed by atoms with E-state index < -0.39 is 29.3 Å². The topological polar surface area (TPSA) is 78.9 Å². The van der Waals surface area contributed by atoms with Crippen molar-refractivity contribution in [2.24, 2.45) is 0 Å². The minimum atomic E-state index is -1.40. The van der Waals surface area contributed by atoms with Crippen molar-refractivity contribution < 1.29 is 28.6 Å². The van der Waals surface area contributed by atoms with Crippen molar-refractivity contribution in [3.8, 4) is 0 Å². The molecule has 2 rings (SSSR count). The lowest BCUT2D eigenvalue weighted by atomic mass is 9.99. The third-order valence-electron chi connectivity index (χ3n) is 2.87. The smallest absolute Gasteiger partial charge is 0.349 e. The highest BCUT2D eigenvalue weighted by molar-refractivity contribution is 6.38. The van der Waals surface area contributed by atoms with Gasteiger partial charge in [0.25, 0.3) is 5.79 Å². The van der Waals surface area contributed by atoms with Crippen LogP contribution in [0.15, 0.2) is 29.8 Å². The van der Waals surface area contributed by atoms with Crippen molar-refractivity contribution in [2.45, 2.75) is 19.6 Å². The second kappa shape index (κ2) is 5.81. The van der Waals surface area contributed by atoms with Crippen LogP contribution in [0.1, 0.15) is 19.4 Å². The van der Waals surface area contributed by atoms with Crippen LogP contribution in [0.5, 0.6) is 0 Å². The number of hydrogen-bond donors (Lipinski definition) is 0. The zero-order valence-corrected chi connectivity index (χ0v) is 12.9. The second-order valence-electron chi connectivity index (χ2n) is 4.90. The number of methoxy groups -OCH3 is 1. The Hall–Kier alpha value is -2.34. The summed E-state index contributed by atoms with van der Waals surface area (Å²) in [4.78, 5) is 36.3. The van der Waals surface area contributed by atoms with Gasteiger partial charge in [-0.3, -0.25) is 0 Å². The first-order valence-electron chi connectivity index (χ1n) is 6.31. The summed E-state index contributed by atoms with van der Waals surface area (Å²) in [7, 11) is 1.13. The van der Waals surface area contributed by atoms with Crippen LogP contribution in [-0.4, -0.2) is 30.8 Å². The lowest BCUT2D eigenvalue weighted by Crippen LogP contribution is -2.42. The molecule has 1 heterocycles. The standard InChI is InChI=1S/C15H13ClO6/c1-15(2)21-13(18)11(14(19)22-15)10(12(17)20-3)8-6-4-5-7-9(8)16/h4-7H,1-3H3. The number of carbonyl (C=O) groups excluding carboxylic acids is 3. The van der Waals surface area contributed by atoms with Gasteiger partial charge in [-0.2, -0.15) is 0 Å². The molecule has 6 nitrogen and oxygen atoms in total. The van der Waals surface area contributed by atoms with Crippen LogP contribution in [0.25, 0.3) is 5.57 Å². The monoisotopic (exact) mass is 324 g/mol. The predicted octanol–water partition coefficient (Wildman–Crippen LogP) is 2.10. The maximum absolute atomic E-state index is 12.1. The Kier molecular flexibility index (Phi) is 4.23. The minimum Gasteiger partial charge on any atom is -0.465 e. The highest BCUT2D eigenvalue weighted by atomic mass is 35.5. The Morgan fingerprint density at radius 1 is 1.14 bits per heavy atom. The molecule has 1 saturated heterocycles. The molecule has 1 fully saturated rings. The van der Waals surface area contributed by atoms with Gasteiger partial charge in [0.2, 0.25) is 0 Å². The van der Waals surface area contributed by atoms with E-state index in [0.29, 0.717) is 0 Å². The molecular weight excluding hydrogens is 312 g/mol. The molecule has 1 aromatic rings. The minimum absolute atomic E-state index is 0.180. The summed E-state index contributed by atoms with van der Waals surface area (Å²) in [6.07, 6.45) is 0. The quantitative estimate of drug-likeness (QED) is 0.471. The van der Waals surface area contributed by atoms with Crippen LogP contribution < -0.4 is 0 Å². The maximum atomic E-state index is 12.1. The molecule has 1 aromatic carbocycles. The van der Waals surface area contributed by atoms with Crippen molar-refractivity contribution in [1.29, 1.82) is 0 Å². The molecule has 0 saturated carbocycles. The average molecular weight is 325 g/mol. The van der Waals surface area contributed by atoms with E-state index in [0.717, 1.165) is 7.11 Å². The molecule has 0 radical (unpaired) electrons. The number of rotatable bonds is 2. The summed E-state index contributed by atoms with van der Waals surface area (Å²) in [6.45, 7) is 2.82. The summed E-state index contributed by atoms with van der Waals surface area (Å²) < 4.78 is 14.7. The number of esters is 3. The molecule has 1 aliphatic rings. The van der Waals surface area contributed by atoms with E-state index in [1.807, 2.05) is 0 Å². The van der Waals surface area contributed by atoms with Gasteiger partial charge in [0, 0.05) is 24.4 Å². The van der Waals surface area contributed by atoms with Crippen LogP contribution in [0, 0.1) is 0 Å².